The first kappa shape index (κ1) is 87.9. The molecular formula is C127H72F9N9O2. The molecule has 28 aromatic rings. The number of hydrogen-bond donors (Lipinski definition) is 0. The van der Waals surface area contributed by atoms with E-state index < -0.39 is 63.5 Å². The molecule has 0 N–H and O–H groups in total. The van der Waals surface area contributed by atoms with Gasteiger partial charge < -0.3 is 36.2 Å². The van der Waals surface area contributed by atoms with Gasteiger partial charge >= 0.3 is 0 Å². The molecule has 0 aliphatic heterocycles. The van der Waals surface area contributed by atoms with E-state index in [0.717, 1.165) is 176 Å². The summed E-state index contributed by atoms with van der Waals surface area (Å²) in [6.45, 7) is 25.5. The number of benzene rings is 20. The third kappa shape index (κ3) is 13.4. The second-order valence-corrected chi connectivity index (χ2v) is 37.2. The van der Waals surface area contributed by atoms with Crippen LogP contribution in [-0.4, -0.2) is 27.4 Å². The van der Waals surface area contributed by atoms with Gasteiger partial charge in [0.05, 0.1) is 141 Å². The van der Waals surface area contributed by atoms with Crippen LogP contribution in [0, 0.1) is 105 Å². The minimum atomic E-state index is -2.29. The number of para-hydroxylation sites is 8. The summed E-state index contributed by atoms with van der Waals surface area (Å²) >= 11 is 0. The molecule has 0 spiro atoms. The van der Waals surface area contributed by atoms with E-state index in [-0.39, 0.29) is 5.56 Å². The van der Waals surface area contributed by atoms with Crippen molar-refractivity contribution in [2.75, 3.05) is 0 Å². The molecule has 700 valence electrons. The lowest BCUT2D eigenvalue weighted by atomic mass is 9.96. The van der Waals surface area contributed by atoms with Crippen molar-refractivity contribution in [3.63, 3.8) is 0 Å². The fraction of sp³-hybridized carbons (Fsp3) is 0.0315. The van der Waals surface area contributed by atoms with Gasteiger partial charge in [-0.25, -0.2) is 49.2 Å². The molecule has 0 aliphatic rings. The van der Waals surface area contributed by atoms with Gasteiger partial charge in [-0.1, -0.05) is 205 Å². The standard InChI is InChI=1S/C49H22F5N3O2.2C39H25F2N3/c50-43-42(44(51)46(53)47(54)45(43)52)31-22-35(57-33-14-6-2-10-26(33)28-18-20-39-41(49(28)57)30-12-4-8-16-37(30)59-39)34(21-24(31)23-55)56-32-13-5-1-9-25(32)27-17-19-38-40(48(27)56)29-11-3-7-15-36(29)58-38;1-23-12-15-35-31(18-23)29-8-4-6-10-33(29)43(35)37-17-14-28(25-20-26(40)22-27(41)21-25)39(38(37)42-3)44-34-11-7-5-9-30(34)32-19-24(2)13-16-36(32)44;1-23-12-14-31-29-8-4-6-10-33(29)43(36(31)18-23)35-17-16-28(25-20-26(40)22-27(41)21-25)39(38(35)42-3)44-34-11-7-5-9-30(34)32-15-13-24(2)19-37(32)44/h1-22H;2*4-22H,1-2H3. The Morgan fingerprint density at radius 3 is 0.966 bits per heavy atom. The number of nitriles is 1. The molecule has 8 heterocycles. The van der Waals surface area contributed by atoms with Crippen LogP contribution in [0.25, 0.3) is 252 Å². The number of rotatable bonds is 9. The van der Waals surface area contributed by atoms with Crippen LogP contribution in [0.15, 0.2) is 373 Å². The van der Waals surface area contributed by atoms with E-state index in [9.17, 15) is 27.2 Å². The van der Waals surface area contributed by atoms with Crippen LogP contribution in [0.4, 0.5) is 50.9 Å². The highest BCUT2D eigenvalue weighted by Gasteiger charge is 2.35. The van der Waals surface area contributed by atoms with Crippen molar-refractivity contribution < 1.29 is 48.3 Å². The fourth-order valence-corrected chi connectivity index (χ4v) is 22.5. The van der Waals surface area contributed by atoms with Crippen molar-refractivity contribution in [1.29, 1.82) is 5.26 Å². The molecule has 0 fully saturated rings. The molecule has 11 nitrogen and oxygen atoms in total. The van der Waals surface area contributed by atoms with E-state index >= 15 is 17.6 Å². The second kappa shape index (κ2) is 33.7. The Kier molecular flexibility index (Phi) is 20.1. The normalized spacial score (nSPS) is 11.8. The summed E-state index contributed by atoms with van der Waals surface area (Å²) in [5.41, 5.74) is 21.2. The number of halogens is 9. The first-order valence-electron chi connectivity index (χ1n) is 47.5. The minimum Gasteiger partial charge on any atom is -0.456 e. The highest BCUT2D eigenvalue weighted by molar-refractivity contribution is 6.28. The predicted octanol–water partition coefficient (Wildman–Crippen LogP) is 35.9. The topological polar surface area (TPSA) is 88.4 Å². The van der Waals surface area contributed by atoms with Crippen molar-refractivity contribution in [3.05, 3.63) is 467 Å². The Labute approximate surface area is 830 Å². The fourth-order valence-electron chi connectivity index (χ4n) is 22.5. The van der Waals surface area contributed by atoms with Crippen molar-refractivity contribution in [2.45, 2.75) is 27.7 Å². The monoisotopic (exact) mass is 1930 g/mol. The number of hydrogen-bond acceptors (Lipinski definition) is 3. The molecule has 20 aromatic carbocycles. The van der Waals surface area contributed by atoms with E-state index in [1.54, 1.807) is 0 Å². The van der Waals surface area contributed by atoms with Crippen LogP contribution in [-0.2, 0) is 0 Å². The van der Waals surface area contributed by atoms with Gasteiger partial charge in [0.2, 0.25) is 17.2 Å². The molecule has 0 unspecified atom stereocenters. The zero-order valence-corrected chi connectivity index (χ0v) is 78.4. The molecule has 28 rings (SSSR count). The van der Waals surface area contributed by atoms with E-state index in [2.05, 4.69) is 158 Å². The average Bonchev–Trinajstić information content (AvgIpc) is 1.54. The van der Waals surface area contributed by atoms with E-state index in [1.807, 2.05) is 228 Å². The molecule has 0 radical (unpaired) electrons. The molecule has 0 aliphatic carbocycles. The van der Waals surface area contributed by atoms with Crippen molar-refractivity contribution in [2.24, 2.45) is 0 Å². The number of nitrogens with zero attached hydrogens (tertiary/aromatic N) is 9. The Hall–Kier alpha value is -19.4. The van der Waals surface area contributed by atoms with E-state index in [4.69, 9.17) is 22.0 Å². The maximum Gasteiger partial charge on any atom is 0.234 e. The van der Waals surface area contributed by atoms with E-state index in [1.165, 1.54) is 36.4 Å². The summed E-state index contributed by atoms with van der Waals surface area (Å²) in [5, 5.41) is 25.8. The number of aromatic nitrogens is 6. The lowest BCUT2D eigenvalue weighted by Gasteiger charge is -2.20. The van der Waals surface area contributed by atoms with Gasteiger partial charge in [-0.3, -0.25) is 0 Å². The molecule has 0 bridgehead atoms. The first-order chi connectivity index (χ1) is 71.7. The summed E-state index contributed by atoms with van der Waals surface area (Å²) in [4.78, 5) is 8.40. The van der Waals surface area contributed by atoms with Gasteiger partial charge in [0.1, 0.15) is 45.6 Å². The number of fused-ring (bicyclic) bond motifs is 26. The van der Waals surface area contributed by atoms with Gasteiger partial charge in [0, 0.05) is 93.1 Å². The zero-order valence-electron chi connectivity index (χ0n) is 78.4. The third-order valence-electron chi connectivity index (χ3n) is 28.6. The van der Waals surface area contributed by atoms with E-state index in [0.29, 0.717) is 101 Å². The Morgan fingerprint density at radius 1 is 0.245 bits per heavy atom. The quantitative estimate of drug-likeness (QED) is 0.0624. The van der Waals surface area contributed by atoms with Crippen LogP contribution in [0.2, 0.25) is 0 Å². The summed E-state index contributed by atoms with van der Waals surface area (Å²) in [6, 6.07) is 116. The molecule has 0 saturated heterocycles. The lowest BCUT2D eigenvalue weighted by molar-refractivity contribution is 0.381. The lowest BCUT2D eigenvalue weighted by Crippen LogP contribution is -2.08. The van der Waals surface area contributed by atoms with Crippen LogP contribution in [0.3, 0.4) is 0 Å². The molecule has 0 amide bonds. The number of furan rings is 2. The van der Waals surface area contributed by atoms with Crippen LogP contribution >= 0.6 is 0 Å². The average molecular weight is 1930 g/mol. The maximum absolute atomic E-state index is 15.9. The summed E-state index contributed by atoms with van der Waals surface area (Å²) < 4.78 is 160. The van der Waals surface area contributed by atoms with Gasteiger partial charge in [-0.15, -0.1) is 0 Å². The Balaban J connectivity index is 0.000000114. The van der Waals surface area contributed by atoms with Gasteiger partial charge in [-0.05, 0) is 219 Å². The molecule has 8 aromatic heterocycles. The Bertz CT molecular complexity index is 10700. The van der Waals surface area contributed by atoms with Crippen molar-refractivity contribution in [1.82, 2.24) is 27.4 Å². The minimum absolute atomic E-state index is 0.291. The number of aryl methyl sites for hydroxylation is 4. The summed E-state index contributed by atoms with van der Waals surface area (Å²) in [5.74, 6) is -13.3. The van der Waals surface area contributed by atoms with Crippen molar-refractivity contribution in [3.8, 4) is 73.6 Å². The molecular weight excluding hydrogens is 1850 g/mol. The predicted molar refractivity (Wildman–Crippen MR) is 572 cm³/mol. The zero-order chi connectivity index (χ0) is 100. The molecule has 0 saturated carbocycles. The SMILES string of the molecule is N#Cc1cc(-n2c3ccccc3c3ccc4oc5ccccc5c4c32)c(-n2c3ccccc3c3ccc4oc5ccccc5c4c32)cc1-c1c(F)c(F)c(F)c(F)c1F.[C-]#[N+]c1c(-n2c3ccccc3c3cc(C)ccc32)ccc(-c2cc(F)cc(F)c2)c1-n1c2ccccc2c2cc(C)ccc21.[C-]#[N+]c1c(-n2c3ccccc3c3ccc(C)cc32)ccc(-c2cc(F)cc(F)c2)c1-n1c2ccccc2c2ccc(C)cc21. The van der Waals surface area contributed by atoms with Gasteiger partial charge in [-0.2, -0.15) is 5.26 Å². The van der Waals surface area contributed by atoms with Crippen LogP contribution < -0.4 is 0 Å². The summed E-state index contributed by atoms with van der Waals surface area (Å²) in [7, 11) is 0. The van der Waals surface area contributed by atoms with Crippen LogP contribution in [0.1, 0.15) is 27.8 Å². The molecule has 147 heavy (non-hydrogen) atoms. The summed E-state index contributed by atoms with van der Waals surface area (Å²) in [6.07, 6.45) is 0. The largest absolute Gasteiger partial charge is 0.456 e. The molecule has 0 atom stereocenters. The van der Waals surface area contributed by atoms with Gasteiger partial charge in [0.25, 0.3) is 0 Å². The van der Waals surface area contributed by atoms with Crippen LogP contribution in [0.5, 0.6) is 0 Å². The van der Waals surface area contributed by atoms with Gasteiger partial charge in [0.15, 0.2) is 23.3 Å². The maximum atomic E-state index is 15.9. The first-order valence-corrected chi connectivity index (χ1v) is 47.5. The molecule has 20 heteroatoms. The highest BCUT2D eigenvalue weighted by atomic mass is 19.2. The second-order valence-electron chi connectivity index (χ2n) is 37.2. The third-order valence-corrected chi connectivity index (χ3v) is 28.6. The van der Waals surface area contributed by atoms with Crippen molar-refractivity contribution >= 4 is 186 Å². The highest BCUT2D eigenvalue weighted by Crippen LogP contribution is 2.53. The smallest absolute Gasteiger partial charge is 0.234 e. The Morgan fingerprint density at radius 2 is 0.551 bits per heavy atom.